The van der Waals surface area contributed by atoms with Gasteiger partial charge in [-0.1, -0.05) is 0 Å². The van der Waals surface area contributed by atoms with Crippen LogP contribution < -0.4 is 0 Å². The molecule has 0 aliphatic carbocycles. The first kappa shape index (κ1) is 14.1. The first-order valence-electron chi connectivity index (χ1n) is 6.11. The minimum atomic E-state index is -0.347. The molecule has 19 heavy (non-hydrogen) atoms. The van der Waals surface area contributed by atoms with Gasteiger partial charge in [0, 0.05) is 24.0 Å². The second kappa shape index (κ2) is 6.23. The second-order valence-electron chi connectivity index (χ2n) is 4.70. The molecule has 0 aliphatic rings. The van der Waals surface area contributed by atoms with E-state index in [0.717, 1.165) is 16.3 Å². The third kappa shape index (κ3) is 4.09. The molecule has 0 spiro atoms. The molecule has 1 heterocycles. The Balaban J connectivity index is 2.04. The van der Waals surface area contributed by atoms with E-state index >= 15 is 0 Å². The van der Waals surface area contributed by atoms with E-state index in [9.17, 15) is 9.50 Å². The van der Waals surface area contributed by atoms with Crippen molar-refractivity contribution in [2.45, 2.75) is 19.6 Å². The van der Waals surface area contributed by atoms with Crippen LogP contribution in [-0.2, 0) is 6.54 Å². The average Bonchev–Trinajstić information content (AvgIpc) is 2.77. The number of aromatic nitrogens is 1. The number of benzene rings is 1. The standard InChI is InChI=1S/C14H17FN2OS/c1-10(18)7-17(2)8-13-9-19-14(16-13)11-3-5-12(15)6-4-11/h3-6,9-10,18H,7-8H2,1-2H3. The molecule has 5 heteroatoms. The summed E-state index contributed by atoms with van der Waals surface area (Å²) in [5.41, 5.74) is 1.89. The van der Waals surface area contributed by atoms with Gasteiger partial charge in [-0.25, -0.2) is 9.37 Å². The zero-order valence-electron chi connectivity index (χ0n) is 11.0. The summed E-state index contributed by atoms with van der Waals surface area (Å²) in [6, 6.07) is 6.35. The number of aliphatic hydroxyl groups is 1. The van der Waals surface area contributed by atoms with Crippen molar-refractivity contribution in [1.29, 1.82) is 0 Å². The van der Waals surface area contributed by atoms with Crippen molar-refractivity contribution in [3.8, 4) is 10.6 Å². The van der Waals surface area contributed by atoms with Crippen LogP contribution in [0.5, 0.6) is 0 Å². The molecule has 2 aromatic rings. The normalized spacial score (nSPS) is 12.9. The number of thiazole rings is 1. The van der Waals surface area contributed by atoms with E-state index in [-0.39, 0.29) is 11.9 Å². The molecule has 1 aromatic carbocycles. The van der Waals surface area contributed by atoms with Crippen LogP contribution in [-0.4, -0.2) is 34.7 Å². The number of halogens is 1. The van der Waals surface area contributed by atoms with Crippen molar-refractivity contribution in [3.63, 3.8) is 0 Å². The van der Waals surface area contributed by atoms with E-state index < -0.39 is 0 Å². The number of hydrogen-bond acceptors (Lipinski definition) is 4. The van der Waals surface area contributed by atoms with E-state index in [4.69, 9.17) is 0 Å². The third-order valence-electron chi connectivity index (χ3n) is 2.65. The topological polar surface area (TPSA) is 36.4 Å². The Morgan fingerprint density at radius 2 is 2.05 bits per heavy atom. The Morgan fingerprint density at radius 1 is 1.37 bits per heavy atom. The van der Waals surface area contributed by atoms with Crippen LogP contribution in [0.4, 0.5) is 4.39 Å². The maximum Gasteiger partial charge on any atom is 0.123 e. The zero-order chi connectivity index (χ0) is 13.8. The first-order valence-corrected chi connectivity index (χ1v) is 6.99. The molecule has 1 atom stereocenters. The average molecular weight is 280 g/mol. The summed E-state index contributed by atoms with van der Waals surface area (Å²) >= 11 is 1.55. The predicted octanol–water partition coefficient (Wildman–Crippen LogP) is 2.76. The van der Waals surface area contributed by atoms with Crippen LogP contribution in [0.1, 0.15) is 12.6 Å². The summed E-state index contributed by atoms with van der Waals surface area (Å²) < 4.78 is 12.9. The molecule has 0 aliphatic heterocycles. The van der Waals surface area contributed by atoms with Gasteiger partial charge in [0.25, 0.3) is 0 Å². The highest BCUT2D eigenvalue weighted by atomic mass is 32.1. The fourth-order valence-corrected chi connectivity index (χ4v) is 2.71. The van der Waals surface area contributed by atoms with Crippen LogP contribution in [0.15, 0.2) is 29.6 Å². The molecule has 0 saturated carbocycles. The van der Waals surface area contributed by atoms with E-state index in [1.165, 1.54) is 12.1 Å². The van der Waals surface area contributed by atoms with Gasteiger partial charge < -0.3 is 5.11 Å². The molecule has 1 aromatic heterocycles. The molecular formula is C14H17FN2OS. The van der Waals surface area contributed by atoms with Gasteiger partial charge >= 0.3 is 0 Å². The number of aliphatic hydroxyl groups excluding tert-OH is 1. The van der Waals surface area contributed by atoms with Gasteiger partial charge in [0.1, 0.15) is 10.8 Å². The lowest BCUT2D eigenvalue weighted by Gasteiger charge is -2.16. The number of likely N-dealkylation sites (N-methyl/N-ethyl adjacent to an activating group) is 1. The van der Waals surface area contributed by atoms with Gasteiger partial charge in [0.15, 0.2) is 0 Å². The summed E-state index contributed by atoms with van der Waals surface area (Å²) in [5, 5.41) is 12.2. The lowest BCUT2D eigenvalue weighted by Crippen LogP contribution is -2.26. The zero-order valence-corrected chi connectivity index (χ0v) is 11.8. The largest absolute Gasteiger partial charge is 0.392 e. The van der Waals surface area contributed by atoms with Crippen molar-refractivity contribution in [1.82, 2.24) is 9.88 Å². The van der Waals surface area contributed by atoms with E-state index in [1.807, 2.05) is 17.3 Å². The molecule has 102 valence electrons. The SMILES string of the molecule is CC(O)CN(C)Cc1csc(-c2ccc(F)cc2)n1. The molecule has 2 rings (SSSR count). The predicted molar refractivity (Wildman–Crippen MR) is 75.5 cm³/mol. The maximum absolute atomic E-state index is 12.9. The molecule has 0 fully saturated rings. The minimum Gasteiger partial charge on any atom is -0.392 e. The maximum atomic E-state index is 12.9. The van der Waals surface area contributed by atoms with Gasteiger partial charge in [-0.2, -0.15) is 0 Å². The van der Waals surface area contributed by atoms with Crippen molar-refractivity contribution < 1.29 is 9.50 Å². The Labute approximate surface area is 116 Å². The van der Waals surface area contributed by atoms with Crippen molar-refractivity contribution >= 4 is 11.3 Å². The van der Waals surface area contributed by atoms with E-state index in [1.54, 1.807) is 30.4 Å². The Hall–Kier alpha value is -1.30. The summed E-state index contributed by atoms with van der Waals surface area (Å²) in [7, 11) is 1.95. The van der Waals surface area contributed by atoms with Crippen molar-refractivity contribution in [2.75, 3.05) is 13.6 Å². The van der Waals surface area contributed by atoms with Crippen LogP contribution in [0.2, 0.25) is 0 Å². The summed E-state index contributed by atoms with van der Waals surface area (Å²) in [5.74, 6) is -0.239. The van der Waals surface area contributed by atoms with Crippen LogP contribution in [0, 0.1) is 5.82 Å². The minimum absolute atomic E-state index is 0.239. The van der Waals surface area contributed by atoms with Crippen LogP contribution in [0.25, 0.3) is 10.6 Å². The van der Waals surface area contributed by atoms with Crippen LogP contribution >= 0.6 is 11.3 Å². The summed E-state index contributed by atoms with van der Waals surface area (Å²) in [4.78, 5) is 6.55. The van der Waals surface area contributed by atoms with E-state index in [0.29, 0.717) is 13.1 Å². The van der Waals surface area contributed by atoms with Gasteiger partial charge in [-0.15, -0.1) is 11.3 Å². The summed E-state index contributed by atoms with van der Waals surface area (Å²) in [6.45, 7) is 3.08. The van der Waals surface area contributed by atoms with Crippen molar-refractivity contribution in [3.05, 3.63) is 41.2 Å². The molecule has 0 bridgehead atoms. The quantitative estimate of drug-likeness (QED) is 0.915. The van der Waals surface area contributed by atoms with Crippen LogP contribution in [0.3, 0.4) is 0 Å². The van der Waals surface area contributed by atoms with Gasteiger partial charge in [-0.05, 0) is 38.2 Å². The smallest absolute Gasteiger partial charge is 0.123 e. The highest BCUT2D eigenvalue weighted by molar-refractivity contribution is 7.13. The fourth-order valence-electron chi connectivity index (χ4n) is 1.90. The lowest BCUT2D eigenvalue weighted by molar-refractivity contribution is 0.138. The lowest BCUT2D eigenvalue weighted by atomic mass is 10.2. The Bertz CT molecular complexity index is 524. The Morgan fingerprint density at radius 3 is 2.68 bits per heavy atom. The number of rotatable bonds is 5. The fraction of sp³-hybridized carbons (Fsp3) is 0.357. The first-order chi connectivity index (χ1) is 9.04. The molecule has 0 radical (unpaired) electrons. The van der Waals surface area contributed by atoms with Gasteiger partial charge in [-0.3, -0.25) is 4.90 Å². The molecule has 1 N–H and O–H groups in total. The highest BCUT2D eigenvalue weighted by Crippen LogP contribution is 2.24. The van der Waals surface area contributed by atoms with E-state index in [2.05, 4.69) is 4.98 Å². The number of nitrogens with zero attached hydrogens (tertiary/aromatic N) is 2. The molecule has 0 saturated heterocycles. The van der Waals surface area contributed by atoms with Crippen molar-refractivity contribution in [2.24, 2.45) is 0 Å². The molecule has 1 unspecified atom stereocenters. The Kier molecular flexibility index (Phi) is 4.63. The molecule has 0 amide bonds. The van der Waals surface area contributed by atoms with Gasteiger partial charge in [0.05, 0.1) is 11.8 Å². The highest BCUT2D eigenvalue weighted by Gasteiger charge is 2.08. The third-order valence-corrected chi connectivity index (χ3v) is 3.59. The molecular weight excluding hydrogens is 263 g/mol. The number of hydrogen-bond donors (Lipinski definition) is 1. The molecule has 3 nitrogen and oxygen atoms in total. The summed E-state index contributed by atoms with van der Waals surface area (Å²) in [6.07, 6.45) is -0.347. The second-order valence-corrected chi connectivity index (χ2v) is 5.55. The monoisotopic (exact) mass is 280 g/mol. The van der Waals surface area contributed by atoms with Gasteiger partial charge in [0.2, 0.25) is 0 Å².